The largest absolute Gasteiger partial charge is 0.480 e. The molecule has 2 aromatic rings. The van der Waals surface area contributed by atoms with Crippen molar-refractivity contribution in [3.8, 4) is 11.1 Å². The van der Waals surface area contributed by atoms with E-state index < -0.39 is 29.8 Å². The highest BCUT2D eigenvalue weighted by molar-refractivity contribution is 5.81. The van der Waals surface area contributed by atoms with Gasteiger partial charge >= 0.3 is 18.2 Å². The lowest BCUT2D eigenvalue weighted by Crippen LogP contribution is -2.45. The van der Waals surface area contributed by atoms with Crippen molar-refractivity contribution in [3.05, 3.63) is 59.7 Å². The number of benzene rings is 2. The number of carbonyl (C=O) groups excluding carboxylic acids is 2. The van der Waals surface area contributed by atoms with Gasteiger partial charge in [0.15, 0.2) is 0 Å². The average Bonchev–Trinajstić information content (AvgIpc) is 3.09. The number of aliphatic carboxylic acids is 1. The molecule has 2 N–H and O–H groups in total. The van der Waals surface area contributed by atoms with Crippen molar-refractivity contribution in [1.29, 1.82) is 0 Å². The first kappa shape index (κ1) is 25.1. The third-order valence-electron chi connectivity index (χ3n) is 5.64. The molecule has 0 saturated carbocycles. The van der Waals surface area contributed by atoms with Crippen molar-refractivity contribution >= 4 is 18.2 Å². The molecule has 1 atom stereocenters. The number of rotatable bonds is 8. The van der Waals surface area contributed by atoms with Crippen molar-refractivity contribution in [2.45, 2.75) is 51.7 Å². The molecule has 0 unspecified atom stereocenters. The summed E-state index contributed by atoms with van der Waals surface area (Å²) in [5, 5.41) is 12.1. The quantitative estimate of drug-likeness (QED) is 0.548. The van der Waals surface area contributed by atoms with E-state index in [0.717, 1.165) is 22.3 Å². The fourth-order valence-corrected chi connectivity index (χ4v) is 4.01. The van der Waals surface area contributed by atoms with Crippen LogP contribution in [0.5, 0.6) is 0 Å². The van der Waals surface area contributed by atoms with Gasteiger partial charge in [0.05, 0.1) is 0 Å². The van der Waals surface area contributed by atoms with Crippen LogP contribution in [-0.2, 0) is 14.3 Å². The maximum Gasteiger partial charge on any atom is 0.410 e. The van der Waals surface area contributed by atoms with Gasteiger partial charge in [0.2, 0.25) is 0 Å². The zero-order valence-electron chi connectivity index (χ0n) is 20.0. The number of carboxylic acid groups (broad SMARTS) is 1. The minimum atomic E-state index is -1.13. The number of hydrogen-bond acceptors (Lipinski definition) is 5. The van der Waals surface area contributed by atoms with Crippen LogP contribution < -0.4 is 5.32 Å². The van der Waals surface area contributed by atoms with Gasteiger partial charge in [-0.25, -0.2) is 14.4 Å². The Bertz CT molecular complexity index is 1000. The van der Waals surface area contributed by atoms with Crippen LogP contribution in [-0.4, -0.2) is 59.5 Å². The molecule has 0 radical (unpaired) electrons. The second-order valence-corrected chi connectivity index (χ2v) is 9.29. The first-order valence-electron chi connectivity index (χ1n) is 11.4. The minimum absolute atomic E-state index is 0.103. The van der Waals surface area contributed by atoms with E-state index in [9.17, 15) is 19.5 Å². The van der Waals surface area contributed by atoms with Crippen LogP contribution in [0.25, 0.3) is 11.1 Å². The molecule has 8 heteroatoms. The highest BCUT2D eigenvalue weighted by atomic mass is 16.6. The summed E-state index contributed by atoms with van der Waals surface area (Å²) in [4.78, 5) is 37.5. The molecular weight excluding hydrogens is 436 g/mol. The van der Waals surface area contributed by atoms with Gasteiger partial charge in [-0.2, -0.15) is 0 Å². The van der Waals surface area contributed by atoms with Gasteiger partial charge < -0.3 is 19.9 Å². The average molecular weight is 469 g/mol. The number of nitrogens with zero attached hydrogens (tertiary/aromatic N) is 1. The smallest absolute Gasteiger partial charge is 0.410 e. The molecule has 3 rings (SSSR count). The van der Waals surface area contributed by atoms with Crippen molar-refractivity contribution in [3.63, 3.8) is 0 Å². The normalized spacial score (nSPS) is 13.4. The van der Waals surface area contributed by atoms with Crippen molar-refractivity contribution < 1.29 is 29.0 Å². The molecule has 1 aliphatic rings. The second-order valence-electron chi connectivity index (χ2n) is 9.29. The molecule has 2 aromatic carbocycles. The van der Waals surface area contributed by atoms with Gasteiger partial charge in [0.25, 0.3) is 0 Å². The Morgan fingerprint density at radius 3 is 2.12 bits per heavy atom. The molecule has 2 amide bonds. The Labute approximate surface area is 199 Å². The fraction of sp³-hybridized carbons (Fsp3) is 0.423. The molecular formula is C26H32N2O6. The summed E-state index contributed by atoms with van der Waals surface area (Å²) in [6.07, 6.45) is -0.915. The van der Waals surface area contributed by atoms with Gasteiger partial charge in [-0.15, -0.1) is 0 Å². The van der Waals surface area contributed by atoms with Crippen LogP contribution in [0.15, 0.2) is 48.5 Å². The summed E-state index contributed by atoms with van der Waals surface area (Å²) in [7, 11) is 0. The zero-order valence-corrected chi connectivity index (χ0v) is 20.0. The first-order valence-corrected chi connectivity index (χ1v) is 11.4. The molecule has 0 heterocycles. The van der Waals surface area contributed by atoms with Crippen molar-refractivity contribution in [1.82, 2.24) is 10.2 Å². The Kier molecular flexibility index (Phi) is 7.81. The van der Waals surface area contributed by atoms with Gasteiger partial charge in [-0.3, -0.25) is 4.90 Å². The van der Waals surface area contributed by atoms with E-state index in [-0.39, 0.29) is 25.6 Å². The summed E-state index contributed by atoms with van der Waals surface area (Å²) in [6, 6.07) is 14.9. The number of hydrogen-bond donors (Lipinski definition) is 2. The number of carboxylic acids is 1. The van der Waals surface area contributed by atoms with E-state index in [1.54, 1.807) is 20.8 Å². The minimum Gasteiger partial charge on any atom is -0.480 e. The van der Waals surface area contributed by atoms with Gasteiger partial charge in [0.1, 0.15) is 18.2 Å². The number of ether oxygens (including phenoxy) is 2. The van der Waals surface area contributed by atoms with Gasteiger partial charge in [-0.1, -0.05) is 48.5 Å². The maximum atomic E-state index is 12.9. The Hall–Kier alpha value is -3.55. The summed E-state index contributed by atoms with van der Waals surface area (Å²) in [5.74, 6) is -1.25. The predicted octanol–water partition coefficient (Wildman–Crippen LogP) is 4.63. The Morgan fingerprint density at radius 1 is 1.03 bits per heavy atom. The first-order chi connectivity index (χ1) is 16.1. The molecule has 0 fully saturated rings. The van der Waals surface area contributed by atoms with Crippen LogP contribution in [0.4, 0.5) is 9.59 Å². The second kappa shape index (κ2) is 10.6. The van der Waals surface area contributed by atoms with Gasteiger partial charge in [-0.05, 0) is 56.4 Å². The molecule has 0 aliphatic heterocycles. The lowest BCUT2D eigenvalue weighted by atomic mass is 9.98. The van der Waals surface area contributed by atoms with Crippen LogP contribution in [0, 0.1) is 0 Å². The highest BCUT2D eigenvalue weighted by Crippen LogP contribution is 2.44. The molecule has 1 aliphatic carbocycles. The Morgan fingerprint density at radius 2 is 1.59 bits per heavy atom. The summed E-state index contributed by atoms with van der Waals surface area (Å²) < 4.78 is 10.8. The summed E-state index contributed by atoms with van der Waals surface area (Å²) in [6.45, 7) is 7.17. The van der Waals surface area contributed by atoms with Crippen LogP contribution in [0.2, 0.25) is 0 Å². The molecule has 34 heavy (non-hydrogen) atoms. The predicted molar refractivity (Wildman–Crippen MR) is 128 cm³/mol. The molecule has 0 bridgehead atoms. The number of carbonyl (C=O) groups is 3. The molecule has 0 aromatic heterocycles. The lowest BCUT2D eigenvalue weighted by Gasteiger charge is -2.27. The zero-order chi connectivity index (χ0) is 24.9. The Balaban J connectivity index is 1.62. The standard InChI is InChI=1S/C26H32N2O6/c1-17(23(29)30)28(15-9-14-27-24(31)34-26(2,3)4)25(32)33-16-22-20-12-7-5-10-18(20)19-11-6-8-13-21(19)22/h5-8,10-13,17,22H,9,14-16H2,1-4H3,(H,27,31)(H,29,30)/t17-/m1/s1. The third kappa shape index (κ3) is 6.07. The lowest BCUT2D eigenvalue weighted by molar-refractivity contribution is -0.142. The fourth-order valence-electron chi connectivity index (χ4n) is 4.01. The van der Waals surface area contributed by atoms with E-state index in [4.69, 9.17) is 9.47 Å². The highest BCUT2D eigenvalue weighted by Gasteiger charge is 2.31. The molecule has 0 saturated heterocycles. The SMILES string of the molecule is C[C@H](C(=O)O)N(CCCNC(=O)OC(C)(C)C)C(=O)OCC1c2ccccc2-c2ccccc21. The van der Waals surface area contributed by atoms with E-state index in [0.29, 0.717) is 6.42 Å². The number of fused-ring (bicyclic) bond motifs is 3. The third-order valence-corrected chi connectivity index (χ3v) is 5.64. The maximum absolute atomic E-state index is 12.9. The summed E-state index contributed by atoms with van der Waals surface area (Å²) >= 11 is 0. The van der Waals surface area contributed by atoms with E-state index in [2.05, 4.69) is 5.32 Å². The number of amides is 2. The van der Waals surface area contributed by atoms with Crippen LogP contribution in [0.1, 0.15) is 51.2 Å². The van der Waals surface area contributed by atoms with E-state index in [1.807, 2.05) is 48.5 Å². The topological polar surface area (TPSA) is 105 Å². The van der Waals surface area contributed by atoms with E-state index in [1.165, 1.54) is 11.8 Å². The molecule has 182 valence electrons. The van der Waals surface area contributed by atoms with Crippen molar-refractivity contribution in [2.24, 2.45) is 0 Å². The monoisotopic (exact) mass is 468 g/mol. The van der Waals surface area contributed by atoms with Gasteiger partial charge in [0, 0.05) is 19.0 Å². The van der Waals surface area contributed by atoms with Crippen LogP contribution >= 0.6 is 0 Å². The van der Waals surface area contributed by atoms with Crippen LogP contribution in [0.3, 0.4) is 0 Å². The summed E-state index contributed by atoms with van der Waals surface area (Å²) in [5.41, 5.74) is 3.77. The number of alkyl carbamates (subject to hydrolysis) is 1. The van der Waals surface area contributed by atoms with E-state index >= 15 is 0 Å². The molecule has 8 nitrogen and oxygen atoms in total. The van der Waals surface area contributed by atoms with Crippen molar-refractivity contribution in [2.75, 3.05) is 19.7 Å². The molecule has 0 spiro atoms. The number of nitrogens with one attached hydrogen (secondary N) is 1.